The zero-order valence-corrected chi connectivity index (χ0v) is 27.7. The summed E-state index contributed by atoms with van der Waals surface area (Å²) in [5, 5.41) is 7.92. The third-order valence-electron chi connectivity index (χ3n) is 7.61. The maximum atomic E-state index is 14.5. The van der Waals surface area contributed by atoms with Crippen molar-refractivity contribution in [1.82, 2.24) is 10.2 Å². The molecule has 0 spiro atoms. The number of hydrogen-bond donors (Lipinski definition) is 2. The molecule has 240 valence electrons. The van der Waals surface area contributed by atoms with Crippen molar-refractivity contribution in [2.45, 2.75) is 97.8 Å². The first-order valence-electron chi connectivity index (χ1n) is 16.1. The lowest BCUT2D eigenvalue weighted by Crippen LogP contribution is -2.54. The van der Waals surface area contributed by atoms with E-state index in [9.17, 15) is 14.4 Å². The molecule has 3 aromatic carbocycles. The van der Waals surface area contributed by atoms with E-state index in [1.54, 1.807) is 49.9 Å². The highest BCUT2D eigenvalue weighted by Gasteiger charge is 2.37. The maximum Gasteiger partial charge on any atom is 0.408 e. The fourth-order valence-corrected chi connectivity index (χ4v) is 5.27. The van der Waals surface area contributed by atoms with Crippen molar-refractivity contribution in [3.05, 3.63) is 77.9 Å². The summed E-state index contributed by atoms with van der Waals surface area (Å²) in [4.78, 5) is 43.2. The third kappa shape index (κ3) is 10.7. The largest absolute Gasteiger partial charge is 0.444 e. The fraction of sp³-hybridized carbons (Fsp3) is 0.447. The van der Waals surface area contributed by atoms with Gasteiger partial charge in [0.2, 0.25) is 5.91 Å². The second kappa shape index (κ2) is 16.7. The lowest BCUT2D eigenvalue weighted by Gasteiger charge is -2.35. The Kier molecular flexibility index (Phi) is 13.0. The molecule has 7 heteroatoms. The molecule has 2 unspecified atom stereocenters. The normalized spacial score (nSPS) is 12.7. The SMILES string of the molecule is C#Cc1ccc(C(C(=O)Nc2ccc3ccccc3c2)N(CCCCCCCC)C(=O)C(NC(=O)OC(C)(C)C)C(C)C)cc1. The summed E-state index contributed by atoms with van der Waals surface area (Å²) in [6.07, 6.45) is 11.1. The van der Waals surface area contributed by atoms with Crippen LogP contribution in [0.4, 0.5) is 10.5 Å². The molecular weight excluding hydrogens is 562 g/mol. The molecule has 45 heavy (non-hydrogen) atoms. The molecule has 0 radical (unpaired) electrons. The van der Waals surface area contributed by atoms with Gasteiger partial charge in [0.15, 0.2) is 0 Å². The highest BCUT2D eigenvalue weighted by Crippen LogP contribution is 2.28. The van der Waals surface area contributed by atoms with Crippen molar-refractivity contribution in [2.24, 2.45) is 5.92 Å². The molecule has 0 aromatic heterocycles. The van der Waals surface area contributed by atoms with E-state index in [0.717, 1.165) is 49.3 Å². The molecule has 7 nitrogen and oxygen atoms in total. The van der Waals surface area contributed by atoms with Gasteiger partial charge in [0.05, 0.1) is 0 Å². The molecule has 3 rings (SSSR count). The van der Waals surface area contributed by atoms with Gasteiger partial charge < -0.3 is 20.3 Å². The van der Waals surface area contributed by atoms with Crippen LogP contribution in [0.1, 0.15) is 97.2 Å². The molecule has 0 fully saturated rings. The van der Waals surface area contributed by atoms with Gasteiger partial charge in [-0.05, 0) is 73.7 Å². The lowest BCUT2D eigenvalue weighted by molar-refractivity contribution is -0.141. The van der Waals surface area contributed by atoms with Crippen LogP contribution in [0, 0.1) is 18.3 Å². The first-order valence-corrected chi connectivity index (χ1v) is 16.1. The van der Waals surface area contributed by atoms with Crippen LogP contribution in [-0.4, -0.2) is 41.0 Å². The summed E-state index contributed by atoms with van der Waals surface area (Å²) < 4.78 is 5.50. The van der Waals surface area contributed by atoms with Crippen LogP contribution in [0.2, 0.25) is 0 Å². The number of alkyl carbamates (subject to hydrolysis) is 1. The Morgan fingerprint density at radius 3 is 2.16 bits per heavy atom. The standard InChI is InChI=1S/C38H49N3O4/c1-8-10-11-12-13-16-25-41(36(43)33(27(3)4)40-37(44)45-38(5,6)7)34(30-21-19-28(9-2)20-22-30)35(42)39-32-24-23-29-17-14-15-18-31(29)26-32/h2,14-15,17-24,26-27,33-34H,8,10-13,16,25H2,1,3-7H3,(H,39,42)(H,40,44). The molecule has 0 aliphatic carbocycles. The third-order valence-corrected chi connectivity index (χ3v) is 7.61. The van der Waals surface area contributed by atoms with E-state index in [-0.39, 0.29) is 17.7 Å². The number of terminal acetylenes is 1. The molecule has 3 amide bonds. The Bertz CT molecular complexity index is 1470. The average Bonchev–Trinajstić information content (AvgIpc) is 2.99. The summed E-state index contributed by atoms with van der Waals surface area (Å²) >= 11 is 0. The number of unbranched alkanes of at least 4 members (excludes halogenated alkanes) is 5. The first-order chi connectivity index (χ1) is 21.4. The van der Waals surface area contributed by atoms with Crippen LogP contribution in [-0.2, 0) is 14.3 Å². The molecule has 2 N–H and O–H groups in total. The van der Waals surface area contributed by atoms with E-state index in [1.165, 1.54) is 0 Å². The van der Waals surface area contributed by atoms with Gasteiger partial charge in [0, 0.05) is 17.8 Å². The highest BCUT2D eigenvalue weighted by atomic mass is 16.6. The minimum Gasteiger partial charge on any atom is -0.444 e. The smallest absolute Gasteiger partial charge is 0.408 e. The van der Waals surface area contributed by atoms with Gasteiger partial charge in [-0.3, -0.25) is 9.59 Å². The predicted molar refractivity (Wildman–Crippen MR) is 183 cm³/mol. The Morgan fingerprint density at radius 2 is 1.53 bits per heavy atom. The van der Waals surface area contributed by atoms with E-state index in [0.29, 0.717) is 23.4 Å². The number of carbonyl (C=O) groups is 3. The van der Waals surface area contributed by atoms with Crippen LogP contribution >= 0.6 is 0 Å². The van der Waals surface area contributed by atoms with Crippen molar-refractivity contribution in [3.8, 4) is 12.3 Å². The van der Waals surface area contributed by atoms with E-state index in [2.05, 4.69) is 23.5 Å². The van der Waals surface area contributed by atoms with Crippen molar-refractivity contribution in [2.75, 3.05) is 11.9 Å². The minimum absolute atomic E-state index is 0.259. The van der Waals surface area contributed by atoms with Crippen LogP contribution in [0.5, 0.6) is 0 Å². The van der Waals surface area contributed by atoms with Crippen LogP contribution in [0.3, 0.4) is 0 Å². The first kappa shape index (κ1) is 35.2. The number of fused-ring (bicyclic) bond motifs is 1. The summed E-state index contributed by atoms with van der Waals surface area (Å²) in [6.45, 7) is 11.6. The molecule has 3 aromatic rings. The summed E-state index contributed by atoms with van der Waals surface area (Å²) in [6, 6.07) is 19.0. The fourth-order valence-electron chi connectivity index (χ4n) is 5.27. The number of ether oxygens (including phenoxy) is 1. The van der Waals surface area contributed by atoms with Crippen LogP contribution < -0.4 is 10.6 Å². The van der Waals surface area contributed by atoms with E-state index in [1.807, 2.05) is 56.3 Å². The minimum atomic E-state index is -0.965. The van der Waals surface area contributed by atoms with Gasteiger partial charge in [0.25, 0.3) is 5.91 Å². The number of nitrogens with one attached hydrogen (secondary N) is 2. The highest BCUT2D eigenvalue weighted by molar-refractivity contribution is 6.00. The van der Waals surface area contributed by atoms with Gasteiger partial charge in [-0.15, -0.1) is 6.42 Å². The Hall–Kier alpha value is -4.31. The second-order valence-corrected chi connectivity index (χ2v) is 12.9. The van der Waals surface area contributed by atoms with E-state index in [4.69, 9.17) is 11.2 Å². The summed E-state index contributed by atoms with van der Waals surface area (Å²) in [5.74, 6) is 1.67. The Morgan fingerprint density at radius 1 is 0.889 bits per heavy atom. The van der Waals surface area contributed by atoms with Gasteiger partial charge in [0.1, 0.15) is 17.7 Å². The van der Waals surface area contributed by atoms with Gasteiger partial charge in [-0.2, -0.15) is 0 Å². The number of amides is 3. The van der Waals surface area contributed by atoms with E-state index < -0.39 is 23.8 Å². The number of anilines is 1. The maximum absolute atomic E-state index is 14.5. The van der Waals surface area contributed by atoms with Crippen LogP contribution in [0.15, 0.2) is 66.7 Å². The molecule has 0 heterocycles. The summed E-state index contributed by atoms with van der Waals surface area (Å²) in [7, 11) is 0. The monoisotopic (exact) mass is 611 g/mol. The van der Waals surface area contributed by atoms with Crippen molar-refractivity contribution < 1.29 is 19.1 Å². The van der Waals surface area contributed by atoms with Crippen molar-refractivity contribution >= 4 is 34.4 Å². The number of hydrogen-bond acceptors (Lipinski definition) is 4. The Balaban J connectivity index is 2.02. The van der Waals surface area contributed by atoms with Gasteiger partial charge >= 0.3 is 6.09 Å². The topological polar surface area (TPSA) is 87.7 Å². The number of nitrogens with zero attached hydrogens (tertiary/aromatic N) is 1. The van der Waals surface area contributed by atoms with E-state index >= 15 is 0 Å². The quantitative estimate of drug-likeness (QED) is 0.142. The molecule has 0 saturated carbocycles. The average molecular weight is 612 g/mol. The summed E-state index contributed by atoms with van der Waals surface area (Å²) in [5.41, 5.74) is 1.20. The number of carbonyl (C=O) groups excluding carboxylic acids is 3. The molecule has 0 aliphatic rings. The molecule has 0 aliphatic heterocycles. The number of rotatable bonds is 14. The Labute approximate surface area is 269 Å². The van der Waals surface area contributed by atoms with Gasteiger partial charge in [-0.25, -0.2) is 4.79 Å². The predicted octanol–water partition coefficient (Wildman–Crippen LogP) is 8.24. The van der Waals surface area contributed by atoms with Crippen molar-refractivity contribution in [1.29, 1.82) is 0 Å². The lowest BCUT2D eigenvalue weighted by atomic mass is 9.97. The van der Waals surface area contributed by atoms with Gasteiger partial charge in [-0.1, -0.05) is 101 Å². The second-order valence-electron chi connectivity index (χ2n) is 12.9. The van der Waals surface area contributed by atoms with Crippen LogP contribution in [0.25, 0.3) is 10.8 Å². The number of benzene rings is 3. The molecule has 0 saturated heterocycles. The molecular formula is C38H49N3O4. The van der Waals surface area contributed by atoms with Crippen molar-refractivity contribution in [3.63, 3.8) is 0 Å². The molecule has 0 bridgehead atoms. The molecule has 2 atom stereocenters. The zero-order chi connectivity index (χ0) is 33.0. The zero-order valence-electron chi connectivity index (χ0n) is 27.7.